The van der Waals surface area contributed by atoms with Gasteiger partial charge in [-0.05, 0) is 96.8 Å². The van der Waals surface area contributed by atoms with E-state index in [1.54, 1.807) is 20.9 Å². The van der Waals surface area contributed by atoms with Crippen molar-refractivity contribution >= 4 is 33.0 Å². The number of benzene rings is 1. The number of aromatic nitrogens is 4. The Morgan fingerprint density at radius 2 is 1.77 bits per heavy atom. The summed E-state index contributed by atoms with van der Waals surface area (Å²) in [5, 5.41) is 9.20. The van der Waals surface area contributed by atoms with Gasteiger partial charge in [0.05, 0.1) is 28.9 Å². The minimum atomic E-state index is -3.71. The standard InChI is InChI=1S/C27H38FN7O3S/c1-16(2)38-24-13-20(19-8-10-34(6)11-9-19)18(5)12-22(24)31-27-29-14-21(28)25(32-27)30-23-15-35(7)33-26(23)39(36,37)17(3)4/h12-17,19H,8-11H2,1-7H3,(H2,29,30,31,32). The van der Waals surface area contributed by atoms with E-state index in [9.17, 15) is 12.8 Å². The zero-order chi connectivity index (χ0) is 28.5. The number of rotatable bonds is 9. The second-order valence-corrected chi connectivity index (χ2v) is 13.1. The average Bonchev–Trinajstić information content (AvgIpc) is 3.23. The summed E-state index contributed by atoms with van der Waals surface area (Å²) in [5.41, 5.74) is 3.20. The SMILES string of the molecule is Cc1cc(Nc2ncc(F)c(Nc3cn(C)nc3S(=O)(=O)C(C)C)n2)c(OC(C)C)cc1C1CCN(C)CC1. The molecule has 1 saturated heterocycles. The average molecular weight is 560 g/mol. The first kappa shape index (κ1) is 28.8. The zero-order valence-electron chi connectivity index (χ0n) is 23.6. The van der Waals surface area contributed by atoms with Crippen LogP contribution in [0.4, 0.5) is 27.5 Å². The monoisotopic (exact) mass is 559 g/mol. The Bertz CT molecular complexity index is 1430. The molecule has 0 spiro atoms. The Hall–Kier alpha value is -3.25. The summed E-state index contributed by atoms with van der Waals surface area (Å²) in [4.78, 5) is 10.8. The Balaban J connectivity index is 1.65. The molecule has 0 aliphatic carbocycles. The second kappa shape index (κ2) is 11.5. The highest BCUT2D eigenvalue weighted by molar-refractivity contribution is 7.92. The number of hydrogen-bond acceptors (Lipinski definition) is 9. The molecule has 1 fully saturated rings. The van der Waals surface area contributed by atoms with Crippen molar-refractivity contribution in [1.29, 1.82) is 0 Å². The number of likely N-dealkylation sites (tertiary alicyclic amines) is 1. The van der Waals surface area contributed by atoms with E-state index in [1.165, 1.54) is 16.4 Å². The summed E-state index contributed by atoms with van der Waals surface area (Å²) in [6, 6.07) is 4.11. The molecule has 1 aliphatic rings. The molecule has 0 bridgehead atoms. The summed E-state index contributed by atoms with van der Waals surface area (Å²) in [5.74, 6) is 0.357. The van der Waals surface area contributed by atoms with E-state index in [-0.39, 0.29) is 28.6 Å². The first-order valence-corrected chi connectivity index (χ1v) is 14.7. The normalized spacial score (nSPS) is 15.2. The zero-order valence-corrected chi connectivity index (χ0v) is 24.4. The molecule has 0 radical (unpaired) electrons. The van der Waals surface area contributed by atoms with Crippen molar-refractivity contribution in [2.75, 3.05) is 30.8 Å². The van der Waals surface area contributed by atoms with E-state index in [2.05, 4.69) is 50.6 Å². The Morgan fingerprint density at radius 1 is 1.08 bits per heavy atom. The third-order valence-corrected chi connectivity index (χ3v) is 8.90. The van der Waals surface area contributed by atoms with Gasteiger partial charge in [0.2, 0.25) is 20.8 Å². The van der Waals surface area contributed by atoms with Crippen LogP contribution in [0.3, 0.4) is 0 Å². The van der Waals surface area contributed by atoms with Crippen LogP contribution in [-0.2, 0) is 16.9 Å². The van der Waals surface area contributed by atoms with Gasteiger partial charge < -0.3 is 20.3 Å². The first-order chi connectivity index (χ1) is 18.3. The summed E-state index contributed by atoms with van der Waals surface area (Å²) in [7, 11) is 0.0333. The van der Waals surface area contributed by atoms with Crippen molar-refractivity contribution in [1.82, 2.24) is 24.6 Å². The molecule has 0 atom stereocenters. The lowest BCUT2D eigenvalue weighted by Crippen LogP contribution is -2.29. The number of nitrogens with zero attached hydrogens (tertiary/aromatic N) is 5. The summed E-state index contributed by atoms with van der Waals surface area (Å²) < 4.78 is 47.9. The molecule has 10 nitrogen and oxygen atoms in total. The summed E-state index contributed by atoms with van der Waals surface area (Å²) in [6.45, 7) is 11.3. The van der Waals surface area contributed by atoms with Crippen molar-refractivity contribution in [3.63, 3.8) is 0 Å². The molecule has 2 aromatic heterocycles. The number of aryl methyl sites for hydroxylation is 2. The molecule has 0 saturated carbocycles. The van der Waals surface area contributed by atoms with Crippen LogP contribution in [0.1, 0.15) is 57.6 Å². The lowest BCUT2D eigenvalue weighted by atomic mass is 9.86. The molecule has 39 heavy (non-hydrogen) atoms. The highest BCUT2D eigenvalue weighted by atomic mass is 32.2. The molecule has 3 heterocycles. The topological polar surface area (TPSA) is 114 Å². The number of hydrogen-bond donors (Lipinski definition) is 2. The minimum absolute atomic E-state index is 0.0585. The van der Waals surface area contributed by atoms with Crippen molar-refractivity contribution in [2.45, 2.75) is 69.8 Å². The van der Waals surface area contributed by atoms with Crippen LogP contribution in [0.15, 0.2) is 29.6 Å². The molecular weight excluding hydrogens is 521 g/mol. The lowest BCUT2D eigenvalue weighted by molar-refractivity contribution is 0.241. The van der Waals surface area contributed by atoms with Gasteiger partial charge in [-0.1, -0.05) is 0 Å². The van der Waals surface area contributed by atoms with Gasteiger partial charge in [-0.3, -0.25) is 4.68 Å². The molecule has 0 unspecified atom stereocenters. The predicted octanol–water partition coefficient (Wildman–Crippen LogP) is 4.92. The molecule has 4 rings (SSSR count). The van der Waals surface area contributed by atoms with Crippen LogP contribution in [0.2, 0.25) is 0 Å². The van der Waals surface area contributed by atoms with Gasteiger partial charge in [-0.2, -0.15) is 10.1 Å². The van der Waals surface area contributed by atoms with Crippen LogP contribution in [0.25, 0.3) is 0 Å². The molecule has 2 N–H and O–H groups in total. The lowest BCUT2D eigenvalue weighted by Gasteiger charge is -2.30. The van der Waals surface area contributed by atoms with E-state index in [1.807, 2.05) is 19.9 Å². The maximum absolute atomic E-state index is 14.8. The molecule has 12 heteroatoms. The van der Waals surface area contributed by atoms with Gasteiger partial charge in [0.1, 0.15) is 5.75 Å². The van der Waals surface area contributed by atoms with Gasteiger partial charge in [0.25, 0.3) is 0 Å². The van der Waals surface area contributed by atoms with Gasteiger partial charge in [0.15, 0.2) is 11.6 Å². The Labute approximate surface area is 229 Å². The molecule has 212 valence electrons. The highest BCUT2D eigenvalue weighted by Gasteiger charge is 2.27. The van der Waals surface area contributed by atoms with E-state index in [0.717, 1.165) is 37.7 Å². The van der Waals surface area contributed by atoms with Crippen molar-refractivity contribution in [2.24, 2.45) is 7.05 Å². The molecular formula is C27H38FN7O3S. The number of piperidine rings is 1. The van der Waals surface area contributed by atoms with Crippen LogP contribution in [0, 0.1) is 12.7 Å². The molecule has 0 amide bonds. The van der Waals surface area contributed by atoms with E-state index in [0.29, 0.717) is 17.4 Å². The number of anilines is 4. The van der Waals surface area contributed by atoms with Crippen LogP contribution >= 0.6 is 0 Å². The fourth-order valence-electron chi connectivity index (χ4n) is 4.66. The number of ether oxygens (including phenoxy) is 1. The molecule has 1 aliphatic heterocycles. The number of nitrogens with one attached hydrogen (secondary N) is 2. The second-order valence-electron chi connectivity index (χ2n) is 10.7. The fraction of sp³-hybridized carbons (Fsp3) is 0.519. The first-order valence-electron chi connectivity index (χ1n) is 13.2. The third kappa shape index (κ3) is 6.50. The molecule has 3 aromatic rings. The van der Waals surface area contributed by atoms with Gasteiger partial charge in [-0.15, -0.1) is 0 Å². The van der Waals surface area contributed by atoms with Gasteiger partial charge in [0, 0.05) is 13.2 Å². The fourth-order valence-corrected chi connectivity index (χ4v) is 5.76. The number of halogens is 1. The Kier molecular flexibility index (Phi) is 8.45. The Morgan fingerprint density at radius 3 is 2.41 bits per heavy atom. The van der Waals surface area contributed by atoms with E-state index >= 15 is 0 Å². The third-order valence-electron chi connectivity index (χ3n) is 6.82. The van der Waals surface area contributed by atoms with Crippen molar-refractivity contribution in [3.05, 3.63) is 41.5 Å². The van der Waals surface area contributed by atoms with E-state index in [4.69, 9.17) is 4.74 Å². The predicted molar refractivity (Wildman–Crippen MR) is 151 cm³/mol. The van der Waals surface area contributed by atoms with Gasteiger partial charge in [-0.25, -0.2) is 17.8 Å². The summed E-state index contributed by atoms with van der Waals surface area (Å²) in [6.07, 6.45) is 4.63. The van der Waals surface area contributed by atoms with Crippen molar-refractivity contribution in [3.8, 4) is 5.75 Å². The number of sulfone groups is 1. The van der Waals surface area contributed by atoms with Gasteiger partial charge >= 0.3 is 0 Å². The van der Waals surface area contributed by atoms with Crippen molar-refractivity contribution < 1.29 is 17.5 Å². The smallest absolute Gasteiger partial charge is 0.229 e. The maximum Gasteiger partial charge on any atom is 0.229 e. The van der Waals surface area contributed by atoms with E-state index < -0.39 is 20.9 Å². The largest absolute Gasteiger partial charge is 0.489 e. The minimum Gasteiger partial charge on any atom is -0.489 e. The quantitative estimate of drug-likeness (QED) is 0.377. The van der Waals surface area contributed by atoms with Crippen LogP contribution < -0.4 is 15.4 Å². The van der Waals surface area contributed by atoms with Crippen LogP contribution in [-0.4, -0.2) is 64.6 Å². The summed E-state index contributed by atoms with van der Waals surface area (Å²) >= 11 is 0. The maximum atomic E-state index is 14.8. The molecule has 1 aromatic carbocycles. The van der Waals surface area contributed by atoms with Crippen LogP contribution in [0.5, 0.6) is 5.75 Å². The highest BCUT2D eigenvalue weighted by Crippen LogP contribution is 2.38.